The molecular weight excluding hydrogens is 254 g/mol. The Bertz CT molecular complexity index is 399. The lowest BCUT2D eigenvalue weighted by Gasteiger charge is -2.07. The van der Waals surface area contributed by atoms with Crippen molar-refractivity contribution in [3.8, 4) is 0 Å². The molecule has 0 unspecified atom stereocenters. The van der Waals surface area contributed by atoms with Crippen molar-refractivity contribution in [1.82, 2.24) is 5.32 Å². The van der Waals surface area contributed by atoms with Crippen LogP contribution in [0.3, 0.4) is 0 Å². The Hall–Kier alpha value is -1.09. The molecule has 80 valence electrons. The summed E-state index contributed by atoms with van der Waals surface area (Å²) in [5.41, 5.74) is 2.87. The maximum absolute atomic E-state index is 11.7. The normalized spacial score (nSPS) is 9.80. The first kappa shape index (κ1) is 12.0. The molecule has 0 saturated heterocycles. The average Bonchev–Trinajstić information content (AvgIpc) is 2.14. The van der Waals surface area contributed by atoms with Crippen molar-refractivity contribution < 1.29 is 4.79 Å². The zero-order valence-corrected chi connectivity index (χ0v) is 10.5. The van der Waals surface area contributed by atoms with Crippen molar-refractivity contribution in [2.24, 2.45) is 0 Å². The van der Waals surface area contributed by atoms with Crippen LogP contribution in [0, 0.1) is 13.8 Å². The van der Waals surface area contributed by atoms with Crippen LogP contribution >= 0.6 is 15.9 Å². The monoisotopic (exact) mass is 267 g/mol. The molecular formula is C12H14BrNO. The fourth-order valence-corrected chi connectivity index (χ4v) is 1.48. The van der Waals surface area contributed by atoms with Crippen LogP contribution < -0.4 is 5.32 Å². The first-order chi connectivity index (χ1) is 7.00. The predicted octanol–water partition coefficient (Wildman–Crippen LogP) is 2.94. The van der Waals surface area contributed by atoms with E-state index in [9.17, 15) is 4.79 Å². The third kappa shape index (κ3) is 3.51. The summed E-state index contributed by atoms with van der Waals surface area (Å²) in [5, 5.41) is 2.77. The van der Waals surface area contributed by atoms with E-state index in [1.165, 1.54) is 0 Å². The van der Waals surface area contributed by atoms with Gasteiger partial charge in [0, 0.05) is 16.6 Å². The molecule has 3 heteroatoms. The van der Waals surface area contributed by atoms with Gasteiger partial charge in [0.15, 0.2) is 0 Å². The maximum Gasteiger partial charge on any atom is 0.251 e. The second-order valence-corrected chi connectivity index (χ2v) is 4.64. The van der Waals surface area contributed by atoms with Crippen molar-refractivity contribution in [3.63, 3.8) is 0 Å². The van der Waals surface area contributed by atoms with Crippen LogP contribution in [0.15, 0.2) is 29.3 Å². The Morgan fingerprint density at radius 3 is 2.67 bits per heavy atom. The molecule has 1 rings (SSSR count). The predicted molar refractivity (Wildman–Crippen MR) is 66.3 cm³/mol. The maximum atomic E-state index is 11.7. The number of aryl methyl sites for hydroxylation is 2. The zero-order valence-electron chi connectivity index (χ0n) is 8.93. The third-order valence-corrected chi connectivity index (χ3v) is 2.35. The van der Waals surface area contributed by atoms with Gasteiger partial charge in [-0.25, -0.2) is 0 Å². The van der Waals surface area contributed by atoms with E-state index in [-0.39, 0.29) is 5.91 Å². The first-order valence-corrected chi connectivity index (χ1v) is 5.48. The van der Waals surface area contributed by atoms with Crippen LogP contribution in [-0.4, -0.2) is 12.5 Å². The van der Waals surface area contributed by atoms with Gasteiger partial charge in [-0.05, 0) is 25.5 Å². The lowest BCUT2D eigenvalue weighted by Crippen LogP contribution is -2.25. The number of amides is 1. The first-order valence-electron chi connectivity index (χ1n) is 4.69. The lowest BCUT2D eigenvalue weighted by atomic mass is 10.1. The number of benzene rings is 1. The van der Waals surface area contributed by atoms with Gasteiger partial charge in [-0.1, -0.05) is 40.2 Å². The van der Waals surface area contributed by atoms with Crippen molar-refractivity contribution in [2.75, 3.05) is 6.54 Å². The largest absolute Gasteiger partial charge is 0.347 e. The van der Waals surface area contributed by atoms with Gasteiger partial charge in [0.2, 0.25) is 0 Å². The summed E-state index contributed by atoms with van der Waals surface area (Å²) in [6.45, 7) is 8.05. The van der Waals surface area contributed by atoms with E-state index in [1.807, 2.05) is 32.0 Å². The summed E-state index contributed by atoms with van der Waals surface area (Å²) in [6.07, 6.45) is 0. The molecule has 0 aliphatic heterocycles. The number of carbonyl (C=O) groups excluding carboxylic acids is 1. The number of rotatable bonds is 3. The highest BCUT2D eigenvalue weighted by molar-refractivity contribution is 9.11. The molecule has 2 nitrogen and oxygen atoms in total. The Balaban J connectivity index is 2.78. The molecule has 1 N–H and O–H groups in total. The van der Waals surface area contributed by atoms with Gasteiger partial charge >= 0.3 is 0 Å². The molecule has 0 aliphatic rings. The minimum atomic E-state index is -0.0619. The second-order valence-electron chi connectivity index (χ2n) is 3.52. The lowest BCUT2D eigenvalue weighted by molar-refractivity contribution is 0.0957. The van der Waals surface area contributed by atoms with Crippen LogP contribution in [0.1, 0.15) is 21.5 Å². The quantitative estimate of drug-likeness (QED) is 0.897. The average molecular weight is 268 g/mol. The van der Waals surface area contributed by atoms with Gasteiger partial charge in [-0.2, -0.15) is 0 Å². The standard InChI is InChI=1S/C12H14BrNO/c1-8-4-5-11(9(2)6-8)12(15)14-7-10(3)13/h4-6H,3,7H2,1-2H3,(H,14,15). The van der Waals surface area contributed by atoms with Gasteiger partial charge in [-0.15, -0.1) is 0 Å². The number of hydrogen-bond acceptors (Lipinski definition) is 1. The Labute approximate surface area is 98.5 Å². The molecule has 1 aromatic rings. The van der Waals surface area contributed by atoms with Crippen molar-refractivity contribution in [1.29, 1.82) is 0 Å². The summed E-state index contributed by atoms with van der Waals surface area (Å²) in [5.74, 6) is -0.0619. The molecule has 1 aromatic carbocycles. The number of hydrogen-bond donors (Lipinski definition) is 1. The van der Waals surface area contributed by atoms with Crippen molar-refractivity contribution in [3.05, 3.63) is 46.0 Å². The number of carbonyl (C=O) groups is 1. The summed E-state index contributed by atoms with van der Waals surface area (Å²) < 4.78 is 0.764. The van der Waals surface area contributed by atoms with Gasteiger partial charge in [-0.3, -0.25) is 4.79 Å². The van der Waals surface area contributed by atoms with E-state index in [0.29, 0.717) is 12.1 Å². The van der Waals surface area contributed by atoms with Crippen LogP contribution in [0.25, 0.3) is 0 Å². The van der Waals surface area contributed by atoms with Gasteiger partial charge in [0.1, 0.15) is 0 Å². The molecule has 0 bridgehead atoms. The Morgan fingerprint density at radius 2 is 2.13 bits per heavy atom. The zero-order chi connectivity index (χ0) is 11.4. The Kier molecular flexibility index (Phi) is 4.09. The van der Waals surface area contributed by atoms with Gasteiger partial charge in [0.25, 0.3) is 5.91 Å². The summed E-state index contributed by atoms with van der Waals surface area (Å²) in [7, 11) is 0. The minimum Gasteiger partial charge on any atom is -0.347 e. The highest BCUT2D eigenvalue weighted by atomic mass is 79.9. The van der Waals surface area contributed by atoms with Gasteiger partial charge in [0.05, 0.1) is 0 Å². The fraction of sp³-hybridized carbons (Fsp3) is 0.250. The third-order valence-electron chi connectivity index (χ3n) is 2.07. The van der Waals surface area contributed by atoms with Crippen LogP contribution in [0.2, 0.25) is 0 Å². The molecule has 0 aromatic heterocycles. The number of halogens is 1. The molecule has 0 atom stereocenters. The summed E-state index contributed by atoms with van der Waals surface area (Å²) in [6, 6.07) is 5.78. The van der Waals surface area contributed by atoms with Crippen molar-refractivity contribution in [2.45, 2.75) is 13.8 Å². The van der Waals surface area contributed by atoms with Crippen LogP contribution in [-0.2, 0) is 0 Å². The van der Waals surface area contributed by atoms with E-state index in [0.717, 1.165) is 15.6 Å². The molecule has 0 fully saturated rings. The molecule has 0 saturated carbocycles. The summed E-state index contributed by atoms with van der Waals surface area (Å²) >= 11 is 3.20. The van der Waals surface area contributed by atoms with Crippen molar-refractivity contribution >= 4 is 21.8 Å². The molecule has 1 amide bonds. The topological polar surface area (TPSA) is 29.1 Å². The van der Waals surface area contributed by atoms with Crippen LogP contribution in [0.4, 0.5) is 0 Å². The van der Waals surface area contributed by atoms with Gasteiger partial charge < -0.3 is 5.32 Å². The smallest absolute Gasteiger partial charge is 0.251 e. The number of nitrogens with one attached hydrogen (secondary N) is 1. The molecule has 15 heavy (non-hydrogen) atoms. The molecule has 0 radical (unpaired) electrons. The highest BCUT2D eigenvalue weighted by Gasteiger charge is 2.07. The Morgan fingerprint density at radius 1 is 1.47 bits per heavy atom. The molecule has 0 spiro atoms. The molecule has 0 aliphatic carbocycles. The van der Waals surface area contributed by atoms with E-state index >= 15 is 0 Å². The second kappa shape index (κ2) is 5.12. The van der Waals surface area contributed by atoms with Crippen LogP contribution in [0.5, 0.6) is 0 Å². The van der Waals surface area contributed by atoms with E-state index in [4.69, 9.17) is 0 Å². The fourth-order valence-electron chi connectivity index (χ4n) is 1.34. The van der Waals surface area contributed by atoms with E-state index in [2.05, 4.69) is 27.8 Å². The summed E-state index contributed by atoms with van der Waals surface area (Å²) in [4.78, 5) is 11.7. The van der Waals surface area contributed by atoms with E-state index < -0.39 is 0 Å². The minimum absolute atomic E-state index is 0.0619. The van der Waals surface area contributed by atoms with E-state index in [1.54, 1.807) is 0 Å². The molecule has 0 heterocycles. The SMILES string of the molecule is C=C(Br)CNC(=O)c1ccc(C)cc1C. The highest BCUT2D eigenvalue weighted by Crippen LogP contribution is 2.10.